The van der Waals surface area contributed by atoms with Crippen molar-refractivity contribution in [3.8, 4) is 0 Å². The molecule has 1 aliphatic rings. The van der Waals surface area contributed by atoms with Gasteiger partial charge in [0.1, 0.15) is 17.3 Å². The Kier molecular flexibility index (Phi) is 7.42. The minimum absolute atomic E-state index is 0.0119. The van der Waals surface area contributed by atoms with Crippen molar-refractivity contribution >= 4 is 34.7 Å². The molecule has 1 saturated carbocycles. The molecule has 3 amide bonds. The third kappa shape index (κ3) is 5.36. The molecule has 0 radical (unpaired) electrons. The molecule has 0 spiro atoms. The van der Waals surface area contributed by atoms with Crippen molar-refractivity contribution in [2.75, 3.05) is 11.4 Å². The number of aryl methyl sites for hydroxylation is 1. The summed E-state index contributed by atoms with van der Waals surface area (Å²) in [5.74, 6) is -1.41. The van der Waals surface area contributed by atoms with Gasteiger partial charge in [-0.05, 0) is 55.5 Å². The number of carbonyl (C=O) groups is 3. The Bertz CT molecular complexity index is 1150. The minimum atomic E-state index is -1.24. The van der Waals surface area contributed by atoms with E-state index in [2.05, 4.69) is 10.6 Å². The first-order valence-corrected chi connectivity index (χ1v) is 12.1. The van der Waals surface area contributed by atoms with E-state index in [1.54, 1.807) is 42.6 Å². The number of hydrogen-bond donors (Lipinski definition) is 2. The van der Waals surface area contributed by atoms with Crippen LogP contribution in [0.5, 0.6) is 0 Å². The molecule has 4 rings (SSSR count). The molecule has 0 saturated heterocycles. The molecule has 2 heterocycles. The highest BCUT2D eigenvalue weighted by Crippen LogP contribution is 2.32. The first-order chi connectivity index (χ1) is 16.4. The maximum Gasteiger partial charge on any atom is 0.261 e. The topological polar surface area (TPSA) is 91.7 Å². The average Bonchev–Trinajstić information content (AvgIpc) is 3.59. The van der Waals surface area contributed by atoms with Crippen LogP contribution >= 0.6 is 11.3 Å². The molecule has 2 aromatic heterocycles. The maximum atomic E-state index is 14.9. The predicted molar refractivity (Wildman–Crippen MR) is 127 cm³/mol. The van der Waals surface area contributed by atoms with Crippen molar-refractivity contribution in [2.24, 2.45) is 0 Å². The second-order valence-electron chi connectivity index (χ2n) is 8.22. The van der Waals surface area contributed by atoms with Crippen LogP contribution in [-0.2, 0) is 9.59 Å². The summed E-state index contributed by atoms with van der Waals surface area (Å²) in [5.41, 5.74) is -0.0708. The van der Waals surface area contributed by atoms with Crippen LogP contribution in [-0.4, -0.2) is 30.3 Å². The fourth-order valence-electron chi connectivity index (χ4n) is 4.12. The summed E-state index contributed by atoms with van der Waals surface area (Å²) >= 11 is 1.24. The molecule has 1 fully saturated rings. The molecule has 7 nitrogen and oxygen atoms in total. The highest BCUT2D eigenvalue weighted by molar-refractivity contribution is 7.12. The summed E-state index contributed by atoms with van der Waals surface area (Å²) in [6.07, 6.45) is 3.72. The molecular formula is C25H26FN3O4S. The fraction of sp³-hybridized carbons (Fsp3) is 0.320. The maximum absolute atomic E-state index is 14.9. The molecule has 1 aromatic carbocycles. The van der Waals surface area contributed by atoms with Crippen LogP contribution in [0.1, 0.15) is 52.9 Å². The zero-order valence-corrected chi connectivity index (χ0v) is 19.6. The number of benzene rings is 1. The number of halogens is 1. The van der Waals surface area contributed by atoms with E-state index in [0.29, 0.717) is 10.6 Å². The second kappa shape index (κ2) is 10.6. The van der Waals surface area contributed by atoms with Crippen molar-refractivity contribution in [1.29, 1.82) is 0 Å². The van der Waals surface area contributed by atoms with Gasteiger partial charge in [-0.2, -0.15) is 0 Å². The quantitative estimate of drug-likeness (QED) is 0.498. The van der Waals surface area contributed by atoms with Crippen LogP contribution in [0, 0.1) is 12.7 Å². The molecule has 1 aliphatic carbocycles. The summed E-state index contributed by atoms with van der Waals surface area (Å²) in [5, 5.41) is 7.33. The van der Waals surface area contributed by atoms with Crippen LogP contribution in [0.25, 0.3) is 0 Å². The molecular weight excluding hydrogens is 457 g/mol. The predicted octanol–water partition coefficient (Wildman–Crippen LogP) is 4.35. The third-order valence-corrected chi connectivity index (χ3v) is 6.63. The van der Waals surface area contributed by atoms with Crippen molar-refractivity contribution in [2.45, 2.75) is 44.7 Å². The van der Waals surface area contributed by atoms with Crippen LogP contribution in [0.4, 0.5) is 10.1 Å². The number of furan rings is 1. The number of carbonyl (C=O) groups excluding carboxylic acids is 3. The zero-order valence-electron chi connectivity index (χ0n) is 18.8. The monoisotopic (exact) mass is 483 g/mol. The van der Waals surface area contributed by atoms with E-state index in [4.69, 9.17) is 4.42 Å². The highest BCUT2D eigenvalue weighted by Gasteiger charge is 2.37. The number of rotatable bonds is 8. The van der Waals surface area contributed by atoms with Gasteiger partial charge in [-0.25, -0.2) is 4.39 Å². The van der Waals surface area contributed by atoms with Crippen LogP contribution in [0.3, 0.4) is 0 Å². The van der Waals surface area contributed by atoms with E-state index in [9.17, 15) is 18.8 Å². The normalized spacial score (nSPS) is 14.5. The summed E-state index contributed by atoms with van der Waals surface area (Å²) in [6, 6.07) is 11.2. The largest absolute Gasteiger partial charge is 0.464 e. The summed E-state index contributed by atoms with van der Waals surface area (Å²) in [7, 11) is 0. The lowest BCUT2D eigenvalue weighted by Crippen LogP contribution is -2.49. The average molecular weight is 484 g/mol. The number of hydrogen-bond acceptors (Lipinski definition) is 5. The molecule has 0 unspecified atom stereocenters. The number of nitrogens with one attached hydrogen (secondary N) is 2. The molecule has 9 heteroatoms. The zero-order chi connectivity index (χ0) is 24.1. The Labute approximate surface area is 200 Å². The fourth-order valence-corrected chi connectivity index (χ4v) is 4.76. The number of thiophene rings is 1. The molecule has 0 bridgehead atoms. The molecule has 2 N–H and O–H groups in total. The Morgan fingerprint density at radius 3 is 2.53 bits per heavy atom. The van der Waals surface area contributed by atoms with E-state index in [1.807, 2.05) is 0 Å². The van der Waals surface area contributed by atoms with Crippen molar-refractivity contribution in [3.05, 3.63) is 76.1 Å². The lowest BCUT2D eigenvalue weighted by atomic mass is 10.1. The van der Waals surface area contributed by atoms with E-state index in [-0.39, 0.29) is 17.5 Å². The smallest absolute Gasteiger partial charge is 0.261 e. The van der Waals surface area contributed by atoms with Gasteiger partial charge in [0.25, 0.3) is 11.8 Å². The summed E-state index contributed by atoms with van der Waals surface area (Å²) in [6.45, 7) is 1.31. The Balaban J connectivity index is 1.67. The van der Waals surface area contributed by atoms with Crippen LogP contribution in [0.2, 0.25) is 0 Å². The first kappa shape index (κ1) is 23.7. The standard InChI is InChI=1S/C25H26FN3O4S/c1-16-12-13-20(33-16)23(25(32)28-17-7-2-3-8-17)29(19-10-5-4-9-18(19)26)22(30)15-27-24(31)21-11-6-14-34-21/h4-6,9-14,17,23H,2-3,7-8,15H2,1H3,(H,27,31)(H,28,32)/t23-/m1/s1. The first-order valence-electron chi connectivity index (χ1n) is 11.2. The highest BCUT2D eigenvalue weighted by atomic mass is 32.1. The lowest BCUT2D eigenvalue weighted by molar-refractivity contribution is -0.127. The van der Waals surface area contributed by atoms with Gasteiger partial charge in [0.05, 0.1) is 17.1 Å². The van der Waals surface area contributed by atoms with Gasteiger partial charge in [0, 0.05) is 6.04 Å². The van der Waals surface area contributed by atoms with Crippen molar-refractivity contribution in [3.63, 3.8) is 0 Å². The minimum Gasteiger partial charge on any atom is -0.464 e. The summed E-state index contributed by atoms with van der Waals surface area (Å²) in [4.78, 5) is 40.9. The van der Waals surface area contributed by atoms with Crippen molar-refractivity contribution < 1.29 is 23.2 Å². The van der Waals surface area contributed by atoms with E-state index >= 15 is 0 Å². The Morgan fingerprint density at radius 1 is 1.12 bits per heavy atom. The van der Waals surface area contributed by atoms with E-state index in [0.717, 1.165) is 30.6 Å². The second-order valence-corrected chi connectivity index (χ2v) is 9.16. The SMILES string of the molecule is Cc1ccc([C@H](C(=O)NC2CCCC2)N(C(=O)CNC(=O)c2cccs2)c2ccccc2F)o1. The lowest BCUT2D eigenvalue weighted by Gasteiger charge is -2.31. The number of anilines is 1. The third-order valence-electron chi connectivity index (χ3n) is 5.76. The Morgan fingerprint density at radius 2 is 1.88 bits per heavy atom. The van der Waals surface area contributed by atoms with Gasteiger partial charge < -0.3 is 15.1 Å². The van der Waals surface area contributed by atoms with Gasteiger partial charge >= 0.3 is 0 Å². The number of nitrogens with zero attached hydrogens (tertiary/aromatic N) is 1. The van der Waals surface area contributed by atoms with Gasteiger partial charge in [0.15, 0.2) is 6.04 Å². The molecule has 178 valence electrons. The molecule has 3 aromatic rings. The molecule has 1 atom stereocenters. The molecule has 34 heavy (non-hydrogen) atoms. The van der Waals surface area contributed by atoms with Gasteiger partial charge in [-0.15, -0.1) is 11.3 Å². The molecule has 0 aliphatic heterocycles. The van der Waals surface area contributed by atoms with E-state index < -0.39 is 36.1 Å². The summed E-state index contributed by atoms with van der Waals surface area (Å²) < 4.78 is 20.7. The van der Waals surface area contributed by atoms with E-state index in [1.165, 1.54) is 29.5 Å². The van der Waals surface area contributed by atoms with Crippen LogP contribution < -0.4 is 15.5 Å². The van der Waals surface area contributed by atoms with Gasteiger partial charge in [-0.1, -0.05) is 31.0 Å². The number of para-hydroxylation sites is 1. The Hall–Kier alpha value is -3.46. The number of amides is 3. The van der Waals surface area contributed by atoms with Crippen molar-refractivity contribution in [1.82, 2.24) is 10.6 Å². The van der Waals surface area contributed by atoms with Gasteiger partial charge in [0.2, 0.25) is 5.91 Å². The van der Waals surface area contributed by atoms with Crippen LogP contribution in [0.15, 0.2) is 58.3 Å². The van der Waals surface area contributed by atoms with Gasteiger partial charge in [-0.3, -0.25) is 19.3 Å².